The van der Waals surface area contributed by atoms with Crippen LogP contribution in [-0.2, 0) is 0 Å². The Hall–Kier alpha value is -1.05. The molecule has 0 aromatic heterocycles. The normalized spacial score (nSPS) is 9.31. The quantitative estimate of drug-likeness (QED) is 0.442. The first-order chi connectivity index (χ1) is 6.06. The Balaban J connectivity index is 3.44. The van der Waals surface area contributed by atoms with E-state index in [2.05, 4.69) is 21.9 Å². The summed E-state index contributed by atoms with van der Waals surface area (Å²) in [5, 5.41) is 10.9. The molecule has 5 heteroatoms. The first-order valence-corrected chi connectivity index (χ1v) is 4.33. The van der Waals surface area contributed by atoms with Crippen LogP contribution in [0.2, 0.25) is 5.02 Å². The second kappa shape index (κ2) is 3.77. The van der Waals surface area contributed by atoms with E-state index in [0.29, 0.717) is 9.50 Å². The summed E-state index contributed by atoms with van der Waals surface area (Å²) in [6, 6.07) is 2.67. The van der Waals surface area contributed by atoms with Gasteiger partial charge in [0.1, 0.15) is 5.56 Å². The number of nitrogens with zero attached hydrogens (tertiary/aromatic N) is 1. The second-order valence-corrected chi connectivity index (χ2v) is 3.45. The molecular weight excluding hydrogens is 257 g/mol. The Kier molecular flexibility index (Phi) is 2.91. The Morgan fingerprint density at radius 3 is 2.69 bits per heavy atom. The minimum absolute atomic E-state index is 0.126. The third kappa shape index (κ3) is 2.00. The largest absolute Gasteiger partial charge is 0.286 e. The number of rotatable bonds is 1. The van der Waals surface area contributed by atoms with Crippen molar-refractivity contribution < 1.29 is 4.92 Å². The van der Waals surface area contributed by atoms with E-state index in [1.54, 1.807) is 0 Å². The van der Waals surface area contributed by atoms with Crippen molar-refractivity contribution in [3.63, 3.8) is 0 Å². The van der Waals surface area contributed by atoms with Gasteiger partial charge < -0.3 is 0 Å². The molecule has 0 saturated carbocycles. The number of nitro groups is 1. The fraction of sp³-hybridized carbons (Fsp3) is 0. The van der Waals surface area contributed by atoms with E-state index in [1.165, 1.54) is 12.1 Å². The van der Waals surface area contributed by atoms with E-state index in [-0.39, 0.29) is 11.3 Å². The van der Waals surface area contributed by atoms with Gasteiger partial charge >= 0.3 is 0 Å². The van der Waals surface area contributed by atoms with Gasteiger partial charge in [0.2, 0.25) is 0 Å². The molecular formula is C8H3BrClNO2. The van der Waals surface area contributed by atoms with Gasteiger partial charge in [-0.05, 0) is 22.0 Å². The van der Waals surface area contributed by atoms with Crippen LogP contribution in [0.1, 0.15) is 5.56 Å². The Labute approximate surface area is 88.0 Å². The summed E-state index contributed by atoms with van der Waals surface area (Å²) < 4.78 is 0.458. The van der Waals surface area contributed by atoms with Gasteiger partial charge in [-0.1, -0.05) is 17.5 Å². The first-order valence-electron chi connectivity index (χ1n) is 3.16. The summed E-state index contributed by atoms with van der Waals surface area (Å²) in [6.45, 7) is 0. The molecule has 0 saturated heterocycles. The molecule has 13 heavy (non-hydrogen) atoms. The van der Waals surface area contributed by atoms with Gasteiger partial charge in [-0.15, -0.1) is 6.42 Å². The molecule has 0 aliphatic heterocycles. The lowest BCUT2D eigenvalue weighted by Gasteiger charge is -1.98. The highest BCUT2D eigenvalue weighted by atomic mass is 79.9. The SMILES string of the molecule is C#Cc1cc(Cl)c(Br)cc1[N+](=O)[O-]. The van der Waals surface area contributed by atoms with Gasteiger partial charge in [0.25, 0.3) is 5.69 Å². The second-order valence-electron chi connectivity index (χ2n) is 2.18. The minimum Gasteiger partial charge on any atom is -0.258 e. The molecule has 66 valence electrons. The molecule has 1 aromatic carbocycles. The maximum atomic E-state index is 10.5. The van der Waals surface area contributed by atoms with Crippen LogP contribution in [0.15, 0.2) is 16.6 Å². The smallest absolute Gasteiger partial charge is 0.258 e. The molecule has 0 atom stereocenters. The molecule has 0 heterocycles. The number of hydrogen-bond donors (Lipinski definition) is 0. The summed E-state index contributed by atoms with van der Waals surface area (Å²) in [7, 11) is 0. The highest BCUT2D eigenvalue weighted by Gasteiger charge is 2.14. The van der Waals surface area contributed by atoms with Crippen molar-refractivity contribution in [2.24, 2.45) is 0 Å². The van der Waals surface area contributed by atoms with Crippen molar-refractivity contribution >= 4 is 33.2 Å². The van der Waals surface area contributed by atoms with Crippen LogP contribution in [-0.4, -0.2) is 4.92 Å². The monoisotopic (exact) mass is 259 g/mol. The van der Waals surface area contributed by atoms with Crippen molar-refractivity contribution in [3.8, 4) is 12.3 Å². The number of hydrogen-bond acceptors (Lipinski definition) is 2. The fourth-order valence-electron chi connectivity index (χ4n) is 0.803. The summed E-state index contributed by atoms with van der Waals surface area (Å²) in [6.07, 6.45) is 5.08. The molecule has 0 bridgehead atoms. The number of halogens is 2. The Morgan fingerprint density at radius 2 is 2.23 bits per heavy atom. The number of nitro benzene ring substituents is 1. The van der Waals surface area contributed by atoms with Gasteiger partial charge in [-0.2, -0.15) is 0 Å². The fourth-order valence-corrected chi connectivity index (χ4v) is 1.30. The maximum absolute atomic E-state index is 10.5. The van der Waals surface area contributed by atoms with Crippen molar-refractivity contribution in [3.05, 3.63) is 37.3 Å². The van der Waals surface area contributed by atoms with Crippen molar-refractivity contribution in [1.29, 1.82) is 0 Å². The molecule has 0 radical (unpaired) electrons. The zero-order valence-electron chi connectivity index (χ0n) is 6.25. The zero-order valence-corrected chi connectivity index (χ0v) is 8.59. The lowest BCUT2D eigenvalue weighted by atomic mass is 10.2. The van der Waals surface area contributed by atoms with Gasteiger partial charge in [-0.25, -0.2) is 0 Å². The van der Waals surface area contributed by atoms with Gasteiger partial charge in [0.15, 0.2) is 0 Å². The Bertz CT molecular complexity index is 411. The lowest BCUT2D eigenvalue weighted by molar-refractivity contribution is -0.385. The van der Waals surface area contributed by atoms with Gasteiger partial charge in [0.05, 0.1) is 9.95 Å². The zero-order chi connectivity index (χ0) is 10.0. The lowest BCUT2D eigenvalue weighted by Crippen LogP contribution is -1.92. The van der Waals surface area contributed by atoms with E-state index >= 15 is 0 Å². The van der Waals surface area contributed by atoms with Gasteiger partial charge in [-0.3, -0.25) is 10.1 Å². The van der Waals surface area contributed by atoms with Crippen molar-refractivity contribution in [1.82, 2.24) is 0 Å². The molecule has 1 rings (SSSR count). The topological polar surface area (TPSA) is 43.1 Å². The minimum atomic E-state index is -0.545. The molecule has 0 unspecified atom stereocenters. The maximum Gasteiger partial charge on any atom is 0.286 e. The molecule has 0 aliphatic carbocycles. The van der Waals surface area contributed by atoms with Crippen LogP contribution in [0.3, 0.4) is 0 Å². The number of benzene rings is 1. The van der Waals surface area contributed by atoms with E-state index in [0.717, 1.165) is 0 Å². The molecule has 0 N–H and O–H groups in total. The average Bonchev–Trinajstić information content (AvgIpc) is 2.08. The van der Waals surface area contributed by atoms with Gasteiger partial charge in [0, 0.05) is 10.5 Å². The summed E-state index contributed by atoms with van der Waals surface area (Å²) in [4.78, 5) is 9.94. The summed E-state index contributed by atoms with van der Waals surface area (Å²) in [5.74, 6) is 2.20. The van der Waals surface area contributed by atoms with E-state index in [4.69, 9.17) is 18.0 Å². The first kappa shape index (κ1) is 10.0. The predicted octanol–water partition coefficient (Wildman–Crippen LogP) is 2.99. The molecule has 0 spiro atoms. The van der Waals surface area contributed by atoms with Crippen LogP contribution >= 0.6 is 27.5 Å². The van der Waals surface area contributed by atoms with Crippen molar-refractivity contribution in [2.75, 3.05) is 0 Å². The molecule has 1 aromatic rings. The van der Waals surface area contributed by atoms with Crippen LogP contribution in [0.25, 0.3) is 0 Å². The molecule has 0 aliphatic rings. The predicted molar refractivity (Wildman–Crippen MR) is 53.7 cm³/mol. The standard InChI is InChI=1S/C8H3BrClNO2/c1-2-5-3-7(10)6(9)4-8(5)11(12)13/h1,3-4H. The Morgan fingerprint density at radius 1 is 1.62 bits per heavy atom. The number of terminal acetylenes is 1. The van der Waals surface area contributed by atoms with E-state index in [1.807, 2.05) is 0 Å². The van der Waals surface area contributed by atoms with Crippen LogP contribution in [0.5, 0.6) is 0 Å². The van der Waals surface area contributed by atoms with E-state index < -0.39 is 4.92 Å². The van der Waals surface area contributed by atoms with Crippen molar-refractivity contribution in [2.45, 2.75) is 0 Å². The highest BCUT2D eigenvalue weighted by Crippen LogP contribution is 2.30. The summed E-state index contributed by atoms with van der Waals surface area (Å²) >= 11 is 8.78. The molecule has 0 amide bonds. The van der Waals surface area contributed by atoms with Crippen LogP contribution < -0.4 is 0 Å². The molecule has 0 fully saturated rings. The van der Waals surface area contributed by atoms with Crippen LogP contribution in [0.4, 0.5) is 5.69 Å². The highest BCUT2D eigenvalue weighted by molar-refractivity contribution is 9.10. The third-order valence-corrected chi connectivity index (χ3v) is 2.59. The average molecular weight is 260 g/mol. The molecule has 3 nitrogen and oxygen atoms in total. The van der Waals surface area contributed by atoms with E-state index in [9.17, 15) is 10.1 Å². The third-order valence-electron chi connectivity index (χ3n) is 1.39. The summed E-state index contributed by atoms with van der Waals surface area (Å²) in [5.41, 5.74) is 0.0528. The van der Waals surface area contributed by atoms with Crippen LogP contribution in [0, 0.1) is 22.5 Å².